The maximum absolute atomic E-state index is 12.0. The van der Waals surface area contributed by atoms with Gasteiger partial charge in [-0.05, 0) is 30.5 Å². The van der Waals surface area contributed by atoms with Crippen LogP contribution in [-0.4, -0.2) is 35.6 Å². The molecule has 0 spiro atoms. The summed E-state index contributed by atoms with van der Waals surface area (Å²) in [6, 6.07) is 6.79. The van der Waals surface area contributed by atoms with Gasteiger partial charge in [0.05, 0.1) is 0 Å². The molecular weight excluding hydrogens is 290 g/mol. The molecule has 0 unspecified atom stereocenters. The Bertz CT molecular complexity index is 566. The van der Waals surface area contributed by atoms with Gasteiger partial charge in [-0.25, -0.2) is 8.42 Å². The van der Waals surface area contributed by atoms with E-state index in [2.05, 4.69) is 0 Å². The highest BCUT2D eigenvalue weighted by Gasteiger charge is 2.38. The van der Waals surface area contributed by atoms with Gasteiger partial charge in [-0.3, -0.25) is 4.79 Å². The maximum atomic E-state index is 12.0. The second-order valence-corrected chi connectivity index (χ2v) is 6.91. The van der Waals surface area contributed by atoms with Gasteiger partial charge in [0, 0.05) is 17.6 Å². The van der Waals surface area contributed by atoms with Crippen LogP contribution in [0.3, 0.4) is 0 Å². The van der Waals surface area contributed by atoms with E-state index in [4.69, 9.17) is 16.7 Å². The van der Waals surface area contributed by atoms with Gasteiger partial charge in [0.25, 0.3) is 0 Å². The predicted molar refractivity (Wildman–Crippen MR) is 71.4 cm³/mol. The molecule has 1 aliphatic rings. The van der Waals surface area contributed by atoms with Gasteiger partial charge in [-0.2, -0.15) is 4.31 Å². The Hall–Kier alpha value is -1.11. The summed E-state index contributed by atoms with van der Waals surface area (Å²) in [7, 11) is -3.77. The number of aliphatic carboxylic acids is 1. The van der Waals surface area contributed by atoms with Crippen molar-refractivity contribution < 1.29 is 18.3 Å². The fourth-order valence-electron chi connectivity index (χ4n) is 1.83. The molecule has 1 aromatic carbocycles. The summed E-state index contributed by atoms with van der Waals surface area (Å²) in [6.07, 6.45) is 1.57. The van der Waals surface area contributed by atoms with Gasteiger partial charge in [-0.1, -0.05) is 23.7 Å². The molecule has 0 bridgehead atoms. The van der Waals surface area contributed by atoms with E-state index in [-0.39, 0.29) is 12.6 Å². The summed E-state index contributed by atoms with van der Waals surface area (Å²) in [4.78, 5) is 10.6. The third-order valence-corrected chi connectivity index (χ3v) is 4.87. The first-order chi connectivity index (χ1) is 8.88. The zero-order chi connectivity index (χ0) is 14.0. The van der Waals surface area contributed by atoms with Crippen molar-refractivity contribution in [2.24, 2.45) is 0 Å². The van der Waals surface area contributed by atoms with Crippen molar-refractivity contribution in [1.29, 1.82) is 0 Å². The van der Waals surface area contributed by atoms with Crippen molar-refractivity contribution in [1.82, 2.24) is 4.31 Å². The maximum Gasteiger partial charge on any atom is 0.320 e. The third kappa shape index (κ3) is 3.92. The number of carbonyl (C=O) groups is 1. The Morgan fingerprint density at radius 3 is 2.37 bits per heavy atom. The van der Waals surface area contributed by atoms with Crippen LogP contribution >= 0.6 is 11.6 Å². The van der Waals surface area contributed by atoms with Crippen LogP contribution in [0.25, 0.3) is 0 Å². The van der Waals surface area contributed by atoms with E-state index in [9.17, 15) is 13.2 Å². The summed E-state index contributed by atoms with van der Waals surface area (Å²) >= 11 is 5.77. The van der Waals surface area contributed by atoms with Gasteiger partial charge in [0.2, 0.25) is 10.0 Å². The monoisotopic (exact) mass is 303 g/mol. The molecule has 1 aromatic rings. The van der Waals surface area contributed by atoms with Gasteiger partial charge < -0.3 is 5.11 Å². The molecule has 2 rings (SSSR count). The Balaban J connectivity index is 2.17. The van der Waals surface area contributed by atoms with E-state index >= 15 is 0 Å². The molecule has 104 valence electrons. The highest BCUT2D eigenvalue weighted by atomic mass is 35.5. The second kappa shape index (κ2) is 5.48. The number of carboxylic acids is 1. The molecule has 0 radical (unpaired) electrons. The summed E-state index contributed by atoms with van der Waals surface area (Å²) in [6.45, 7) is 0.192. The average molecular weight is 304 g/mol. The Labute approximate surface area is 116 Å². The Morgan fingerprint density at radius 1 is 1.32 bits per heavy atom. The van der Waals surface area contributed by atoms with Crippen LogP contribution < -0.4 is 0 Å². The lowest BCUT2D eigenvalue weighted by molar-refractivity contribution is -0.134. The fourth-order valence-corrected chi connectivity index (χ4v) is 3.44. The molecule has 0 amide bonds. The van der Waals surface area contributed by atoms with Gasteiger partial charge in [0.15, 0.2) is 5.75 Å². The number of hydrogen-bond donors (Lipinski definition) is 1. The molecule has 0 atom stereocenters. The zero-order valence-electron chi connectivity index (χ0n) is 10.1. The van der Waals surface area contributed by atoms with Crippen molar-refractivity contribution in [2.45, 2.75) is 25.4 Å². The highest BCUT2D eigenvalue weighted by Crippen LogP contribution is 2.31. The molecule has 1 saturated carbocycles. The summed E-state index contributed by atoms with van der Waals surface area (Å²) in [5, 5.41) is 9.26. The van der Waals surface area contributed by atoms with Gasteiger partial charge in [-0.15, -0.1) is 0 Å². The van der Waals surface area contributed by atoms with E-state index < -0.39 is 21.7 Å². The molecule has 0 heterocycles. The molecule has 1 aliphatic carbocycles. The first kappa shape index (κ1) is 14.3. The first-order valence-electron chi connectivity index (χ1n) is 5.84. The molecule has 0 aliphatic heterocycles. The fraction of sp³-hybridized carbons (Fsp3) is 0.417. The molecule has 19 heavy (non-hydrogen) atoms. The molecule has 1 fully saturated rings. The Morgan fingerprint density at radius 2 is 1.89 bits per heavy atom. The lowest BCUT2D eigenvalue weighted by Crippen LogP contribution is -2.36. The smallest absolute Gasteiger partial charge is 0.320 e. The largest absolute Gasteiger partial charge is 0.480 e. The molecule has 0 saturated heterocycles. The van der Waals surface area contributed by atoms with E-state index in [0.717, 1.165) is 18.4 Å². The topological polar surface area (TPSA) is 74.7 Å². The minimum Gasteiger partial charge on any atom is -0.480 e. The number of rotatable bonds is 6. The quantitative estimate of drug-likeness (QED) is 0.868. The molecule has 1 N–H and O–H groups in total. The van der Waals surface area contributed by atoms with E-state index in [1.807, 2.05) is 0 Å². The second-order valence-electron chi connectivity index (χ2n) is 4.55. The van der Waals surface area contributed by atoms with Gasteiger partial charge in [0.1, 0.15) is 0 Å². The van der Waals surface area contributed by atoms with Crippen LogP contribution in [0.1, 0.15) is 18.4 Å². The van der Waals surface area contributed by atoms with Crippen molar-refractivity contribution in [3.8, 4) is 0 Å². The minimum absolute atomic E-state index is 0.0694. The Kier molecular flexibility index (Phi) is 4.13. The SMILES string of the molecule is O=C(O)CS(=O)(=O)N(Cc1ccc(Cl)cc1)C1CC1. The van der Waals surface area contributed by atoms with Crippen LogP contribution in [-0.2, 0) is 21.4 Å². The summed E-state index contributed by atoms with van der Waals surface area (Å²) in [5.41, 5.74) is 0.797. The number of nitrogens with zero attached hydrogens (tertiary/aromatic N) is 1. The number of halogens is 1. The van der Waals surface area contributed by atoms with E-state index in [0.29, 0.717) is 5.02 Å². The van der Waals surface area contributed by atoms with Crippen LogP contribution in [0.15, 0.2) is 24.3 Å². The first-order valence-corrected chi connectivity index (χ1v) is 7.83. The van der Waals surface area contributed by atoms with Crippen LogP contribution in [0.2, 0.25) is 5.02 Å². The van der Waals surface area contributed by atoms with Crippen LogP contribution in [0, 0.1) is 0 Å². The standard InChI is InChI=1S/C12H14ClNO4S/c13-10-3-1-9(2-4-10)7-14(11-5-6-11)19(17,18)8-12(15)16/h1-4,11H,5-8H2,(H,15,16). The normalized spacial score (nSPS) is 15.7. The lowest BCUT2D eigenvalue weighted by atomic mass is 10.2. The molecule has 0 aromatic heterocycles. The number of carboxylic acid groups (broad SMARTS) is 1. The molecule has 5 nitrogen and oxygen atoms in total. The summed E-state index contributed by atoms with van der Waals surface area (Å²) in [5.74, 6) is -2.20. The number of hydrogen-bond acceptors (Lipinski definition) is 3. The van der Waals surface area contributed by atoms with E-state index in [1.54, 1.807) is 24.3 Å². The third-order valence-electron chi connectivity index (χ3n) is 2.87. The van der Waals surface area contributed by atoms with Crippen molar-refractivity contribution in [3.05, 3.63) is 34.9 Å². The number of sulfonamides is 1. The molecule has 7 heteroatoms. The van der Waals surface area contributed by atoms with Crippen molar-refractivity contribution in [3.63, 3.8) is 0 Å². The minimum atomic E-state index is -3.77. The van der Waals surface area contributed by atoms with Crippen molar-refractivity contribution in [2.75, 3.05) is 5.75 Å². The number of benzene rings is 1. The molecular formula is C12H14ClNO4S. The van der Waals surface area contributed by atoms with Crippen molar-refractivity contribution >= 4 is 27.6 Å². The summed E-state index contributed by atoms with van der Waals surface area (Å²) < 4.78 is 25.3. The van der Waals surface area contributed by atoms with Crippen LogP contribution in [0.5, 0.6) is 0 Å². The van der Waals surface area contributed by atoms with Crippen LogP contribution in [0.4, 0.5) is 0 Å². The predicted octanol–water partition coefficient (Wildman–Crippen LogP) is 1.72. The van der Waals surface area contributed by atoms with Gasteiger partial charge >= 0.3 is 5.97 Å². The average Bonchev–Trinajstić information content (AvgIpc) is 3.10. The lowest BCUT2D eigenvalue weighted by Gasteiger charge is -2.21. The van der Waals surface area contributed by atoms with E-state index in [1.165, 1.54) is 4.31 Å². The zero-order valence-corrected chi connectivity index (χ0v) is 11.7. The highest BCUT2D eigenvalue weighted by molar-refractivity contribution is 7.89.